The quantitative estimate of drug-likeness (QED) is 0.595. The van der Waals surface area contributed by atoms with Crippen molar-refractivity contribution < 1.29 is 0 Å². The Hall–Kier alpha value is -1.14. The van der Waals surface area contributed by atoms with Gasteiger partial charge in [0.25, 0.3) is 5.56 Å². The smallest absolute Gasteiger partial charge is 0.273 e. The number of hydrogen-bond acceptors (Lipinski definition) is 4. The zero-order valence-electron chi connectivity index (χ0n) is 9.88. The number of benzene rings is 1. The highest BCUT2D eigenvalue weighted by Crippen LogP contribution is 2.32. The zero-order chi connectivity index (χ0) is 13.3. The van der Waals surface area contributed by atoms with Crippen LogP contribution in [-0.2, 0) is 4.20 Å². The lowest BCUT2D eigenvalue weighted by atomic mass is 10.2. The first kappa shape index (κ1) is 13.3. The van der Waals surface area contributed by atoms with E-state index in [1.807, 2.05) is 6.92 Å². The summed E-state index contributed by atoms with van der Waals surface area (Å²) < 4.78 is 0.495. The van der Waals surface area contributed by atoms with Crippen LogP contribution >= 0.6 is 25.3 Å². The molecule has 4 nitrogen and oxygen atoms in total. The average molecular weight is 282 g/mol. The van der Waals surface area contributed by atoms with Crippen LogP contribution in [0.3, 0.4) is 0 Å². The molecule has 1 N–H and O–H groups in total. The van der Waals surface area contributed by atoms with Crippen LogP contribution < -0.4 is 11.2 Å². The second-order valence-electron chi connectivity index (χ2n) is 4.14. The molecule has 0 saturated heterocycles. The van der Waals surface area contributed by atoms with Gasteiger partial charge < -0.3 is 0 Å². The maximum atomic E-state index is 12.0. The number of para-hydroxylation sites is 1. The van der Waals surface area contributed by atoms with Gasteiger partial charge in [-0.1, -0.05) is 25.5 Å². The molecule has 2 rings (SSSR count). The second-order valence-corrected chi connectivity index (χ2v) is 5.97. The van der Waals surface area contributed by atoms with E-state index in [4.69, 9.17) is 0 Å². The van der Waals surface area contributed by atoms with Gasteiger partial charge in [-0.3, -0.25) is 14.3 Å². The van der Waals surface area contributed by atoms with Crippen LogP contribution in [0.1, 0.15) is 19.8 Å². The van der Waals surface area contributed by atoms with E-state index in [-0.39, 0.29) is 5.56 Å². The number of fused-ring (bicyclic) bond motifs is 1. The van der Waals surface area contributed by atoms with Gasteiger partial charge in [0.2, 0.25) is 0 Å². The van der Waals surface area contributed by atoms with Crippen LogP contribution in [-0.4, -0.2) is 9.55 Å². The molecule has 0 aliphatic rings. The number of thiol groups is 2. The minimum atomic E-state index is -0.921. The predicted octanol–water partition coefficient (Wildman–Crippen LogP) is 1.96. The van der Waals surface area contributed by atoms with Gasteiger partial charge in [0.1, 0.15) is 4.20 Å². The van der Waals surface area contributed by atoms with Crippen molar-refractivity contribution in [2.24, 2.45) is 0 Å². The fraction of sp³-hybridized carbons (Fsp3) is 0.333. The summed E-state index contributed by atoms with van der Waals surface area (Å²) in [6, 6.07) is 6.93. The minimum Gasteiger partial charge on any atom is -0.273 e. The van der Waals surface area contributed by atoms with Gasteiger partial charge in [-0.2, -0.15) is 0 Å². The average Bonchev–Trinajstić information content (AvgIpc) is 2.28. The minimum absolute atomic E-state index is 0.388. The molecule has 0 radical (unpaired) electrons. The summed E-state index contributed by atoms with van der Waals surface area (Å²) in [7, 11) is 0. The fourth-order valence-corrected chi connectivity index (χ4v) is 2.84. The highest BCUT2D eigenvalue weighted by molar-refractivity contribution is 7.99. The number of aromatic amines is 1. The molecule has 0 aliphatic carbocycles. The summed E-state index contributed by atoms with van der Waals surface area (Å²) in [4.78, 5) is 26.0. The Kier molecular flexibility index (Phi) is 3.59. The van der Waals surface area contributed by atoms with Gasteiger partial charge in [-0.05, 0) is 18.6 Å². The molecule has 0 atom stereocenters. The Morgan fingerprint density at radius 1 is 1.28 bits per heavy atom. The topological polar surface area (TPSA) is 54.9 Å². The number of nitrogens with zero attached hydrogens (tertiary/aromatic N) is 1. The van der Waals surface area contributed by atoms with E-state index in [2.05, 4.69) is 30.2 Å². The molecule has 0 fully saturated rings. The monoisotopic (exact) mass is 282 g/mol. The number of hydrogen-bond donors (Lipinski definition) is 3. The predicted molar refractivity (Wildman–Crippen MR) is 79.7 cm³/mol. The molecule has 2 aromatic rings. The SMILES string of the molecule is CCCC(S)(S)n1c(=O)[nH]c(=O)c2ccccc21. The van der Waals surface area contributed by atoms with Crippen molar-refractivity contribution in [2.45, 2.75) is 24.0 Å². The van der Waals surface area contributed by atoms with Crippen molar-refractivity contribution in [3.63, 3.8) is 0 Å². The Bertz CT molecular complexity index is 688. The molecule has 0 unspecified atom stereocenters. The summed E-state index contributed by atoms with van der Waals surface area (Å²) in [5.41, 5.74) is -0.331. The lowest BCUT2D eigenvalue weighted by molar-refractivity contribution is 0.561. The van der Waals surface area contributed by atoms with Crippen molar-refractivity contribution in [3.05, 3.63) is 45.1 Å². The van der Waals surface area contributed by atoms with Gasteiger partial charge in [-0.15, -0.1) is 25.3 Å². The van der Waals surface area contributed by atoms with Crippen molar-refractivity contribution in [2.75, 3.05) is 0 Å². The van der Waals surface area contributed by atoms with E-state index in [0.29, 0.717) is 17.3 Å². The van der Waals surface area contributed by atoms with Crippen LogP contribution in [0.15, 0.2) is 33.9 Å². The maximum Gasteiger partial charge on any atom is 0.330 e. The van der Waals surface area contributed by atoms with Crippen molar-refractivity contribution >= 4 is 36.2 Å². The van der Waals surface area contributed by atoms with Gasteiger partial charge >= 0.3 is 5.69 Å². The molecule has 6 heteroatoms. The standard InChI is InChI=1S/C12H14N2O2S2/c1-2-7-12(17,18)14-9-6-4-3-5-8(9)10(15)13-11(14)16/h3-6,17-18H,2,7H2,1H3,(H,13,15,16). The summed E-state index contributed by atoms with van der Waals surface area (Å²) in [5.74, 6) is 0. The Morgan fingerprint density at radius 2 is 1.94 bits per heavy atom. The Morgan fingerprint density at radius 3 is 2.61 bits per heavy atom. The second kappa shape index (κ2) is 4.85. The maximum absolute atomic E-state index is 12.0. The van der Waals surface area contributed by atoms with Crippen LogP contribution in [0.2, 0.25) is 0 Å². The molecular weight excluding hydrogens is 268 g/mol. The first-order valence-corrected chi connectivity index (χ1v) is 6.56. The number of nitrogens with one attached hydrogen (secondary N) is 1. The fourth-order valence-electron chi connectivity index (χ4n) is 1.99. The van der Waals surface area contributed by atoms with Crippen molar-refractivity contribution in [1.82, 2.24) is 9.55 Å². The molecule has 0 bridgehead atoms. The van der Waals surface area contributed by atoms with Crippen LogP contribution in [0.4, 0.5) is 0 Å². The van der Waals surface area contributed by atoms with E-state index in [0.717, 1.165) is 6.42 Å². The van der Waals surface area contributed by atoms with Crippen LogP contribution in [0.25, 0.3) is 10.9 Å². The van der Waals surface area contributed by atoms with Gasteiger partial charge in [0, 0.05) is 0 Å². The molecule has 96 valence electrons. The number of rotatable bonds is 3. The highest BCUT2D eigenvalue weighted by Gasteiger charge is 2.25. The van der Waals surface area contributed by atoms with Crippen molar-refractivity contribution in [1.29, 1.82) is 0 Å². The number of aromatic nitrogens is 2. The number of H-pyrrole nitrogens is 1. The third-order valence-electron chi connectivity index (χ3n) is 2.76. The van der Waals surface area contributed by atoms with E-state index >= 15 is 0 Å². The van der Waals surface area contributed by atoms with E-state index in [9.17, 15) is 9.59 Å². The Balaban J connectivity index is 2.87. The summed E-state index contributed by atoms with van der Waals surface area (Å²) in [6.45, 7) is 1.99. The van der Waals surface area contributed by atoms with Gasteiger partial charge in [-0.25, -0.2) is 4.79 Å². The third-order valence-corrected chi connectivity index (χ3v) is 3.60. The zero-order valence-corrected chi connectivity index (χ0v) is 11.7. The van der Waals surface area contributed by atoms with Gasteiger partial charge in [0.05, 0.1) is 10.9 Å². The van der Waals surface area contributed by atoms with Crippen LogP contribution in [0, 0.1) is 0 Å². The molecule has 0 saturated carbocycles. The summed E-state index contributed by atoms with van der Waals surface area (Å²) in [6.07, 6.45) is 1.43. The lowest BCUT2D eigenvalue weighted by Gasteiger charge is -2.26. The molecule has 0 spiro atoms. The molecule has 18 heavy (non-hydrogen) atoms. The van der Waals surface area contributed by atoms with E-state index in [1.165, 1.54) is 4.57 Å². The van der Waals surface area contributed by atoms with E-state index in [1.54, 1.807) is 24.3 Å². The molecule has 1 aromatic carbocycles. The van der Waals surface area contributed by atoms with E-state index < -0.39 is 9.89 Å². The molecule has 1 heterocycles. The first-order chi connectivity index (χ1) is 8.47. The molecular formula is C12H14N2O2S2. The van der Waals surface area contributed by atoms with Crippen molar-refractivity contribution in [3.8, 4) is 0 Å². The lowest BCUT2D eigenvalue weighted by Crippen LogP contribution is -2.38. The third kappa shape index (κ3) is 2.22. The normalized spacial score (nSPS) is 11.9. The first-order valence-electron chi connectivity index (χ1n) is 5.66. The summed E-state index contributed by atoms with van der Waals surface area (Å²) >= 11 is 8.88. The highest BCUT2D eigenvalue weighted by atomic mass is 32.2. The Labute approximate surface area is 115 Å². The molecule has 1 aromatic heterocycles. The molecule has 0 aliphatic heterocycles. The molecule has 0 amide bonds. The van der Waals surface area contributed by atoms with Crippen LogP contribution in [0.5, 0.6) is 0 Å². The largest absolute Gasteiger partial charge is 0.330 e. The summed E-state index contributed by atoms with van der Waals surface area (Å²) in [5, 5.41) is 0.459. The van der Waals surface area contributed by atoms with Gasteiger partial charge in [0.15, 0.2) is 0 Å².